The van der Waals surface area contributed by atoms with E-state index in [0.717, 1.165) is 0 Å². The van der Waals surface area contributed by atoms with Gasteiger partial charge in [-0.3, -0.25) is 0 Å². The van der Waals surface area contributed by atoms with E-state index in [0.29, 0.717) is 0 Å². The van der Waals surface area contributed by atoms with Gasteiger partial charge in [0.15, 0.2) is 0 Å². The Morgan fingerprint density at radius 1 is 0.157 bits per heavy atom. The van der Waals surface area contributed by atoms with Gasteiger partial charge < -0.3 is 0 Å². The Hall–Kier alpha value is -2.42. The van der Waals surface area contributed by atoms with E-state index in [2.05, 4.69) is 0 Å². The first-order valence-electron chi connectivity index (χ1n) is 10.4. The summed E-state index contributed by atoms with van der Waals surface area (Å²) < 4.78 is 445. The molecule has 0 aromatic rings. The third kappa shape index (κ3) is 5.89. The SMILES string of the molecule is FC(F)(F)C(F)(F)C(F)(F)C(F)(F)C(F)(F)C(F)(F)C(F)(F)C(F)(F)NC(F)(F)C(F)(F)C(F)(F)C(F)(F)C(F)(F)C(F)(F)C(F)(F)C(F)(F)F. The van der Waals surface area contributed by atoms with Crippen LogP contribution in [0.4, 0.5) is 149 Å². The number of rotatable bonds is 14. The molecule has 0 rings (SSSR count). The van der Waals surface area contributed by atoms with E-state index in [-0.39, 0.29) is 0 Å². The molecule has 0 saturated carbocycles. The van der Waals surface area contributed by atoms with Crippen LogP contribution in [-0.4, -0.2) is 95.5 Å². The number of halogens is 34. The van der Waals surface area contributed by atoms with E-state index in [9.17, 15) is 149 Å². The van der Waals surface area contributed by atoms with E-state index in [4.69, 9.17) is 0 Å². The zero-order chi connectivity index (χ0) is 42.7. The minimum Gasteiger partial charge on any atom is -0.192 e. The van der Waals surface area contributed by atoms with Gasteiger partial charge in [0.1, 0.15) is 0 Å². The molecule has 0 aromatic carbocycles. The second-order valence-electron chi connectivity index (χ2n) is 9.16. The molecule has 0 bridgehead atoms. The highest BCUT2D eigenvalue weighted by atomic mass is 19.4. The largest absolute Gasteiger partial charge is 0.460 e. The number of alkyl halides is 34. The molecule has 0 saturated heterocycles. The summed E-state index contributed by atoms with van der Waals surface area (Å²) in [5.41, 5.74) is 0. The predicted molar refractivity (Wildman–Crippen MR) is 84.5 cm³/mol. The Bertz CT molecular complexity index is 1160. The van der Waals surface area contributed by atoms with E-state index >= 15 is 0 Å². The van der Waals surface area contributed by atoms with Gasteiger partial charge in [-0.25, -0.2) is 0 Å². The van der Waals surface area contributed by atoms with Crippen LogP contribution >= 0.6 is 0 Å². The highest BCUT2D eigenvalue weighted by molar-refractivity contribution is 5.17. The molecule has 308 valence electrons. The second-order valence-corrected chi connectivity index (χ2v) is 9.16. The van der Waals surface area contributed by atoms with Crippen molar-refractivity contribution in [2.45, 2.75) is 95.5 Å². The predicted octanol–water partition coefficient (Wildman–Crippen LogP) is 10.5. The van der Waals surface area contributed by atoms with Crippen LogP contribution in [-0.2, 0) is 0 Å². The number of nitrogens with one attached hydrogen (secondary N) is 1. The van der Waals surface area contributed by atoms with Gasteiger partial charge >= 0.3 is 95.5 Å². The second kappa shape index (κ2) is 11.5. The molecule has 1 nitrogen and oxygen atoms in total. The van der Waals surface area contributed by atoms with Crippen LogP contribution < -0.4 is 5.32 Å². The third-order valence-electron chi connectivity index (χ3n) is 5.76. The maximum absolute atomic E-state index is 13.6. The van der Waals surface area contributed by atoms with E-state index in [1.54, 1.807) is 0 Å². The van der Waals surface area contributed by atoms with E-state index in [1.165, 1.54) is 0 Å². The quantitative estimate of drug-likeness (QED) is 0.136. The molecule has 0 amide bonds. The summed E-state index contributed by atoms with van der Waals surface area (Å²) in [6.07, 6.45) is -16.6. The molecular weight excluding hydrogens is 852 g/mol. The lowest BCUT2D eigenvalue weighted by molar-refractivity contribution is -0.473. The van der Waals surface area contributed by atoms with Crippen LogP contribution in [0, 0.1) is 0 Å². The third-order valence-corrected chi connectivity index (χ3v) is 5.76. The molecule has 0 aliphatic heterocycles. The van der Waals surface area contributed by atoms with Crippen molar-refractivity contribution in [1.29, 1.82) is 0 Å². The number of hydrogen-bond acceptors (Lipinski definition) is 1. The molecular formula is C16HF34N. The Morgan fingerprint density at radius 2 is 0.275 bits per heavy atom. The molecule has 0 radical (unpaired) electrons. The van der Waals surface area contributed by atoms with Gasteiger partial charge in [-0.2, -0.15) is 155 Å². The fraction of sp³-hybridized carbons (Fsp3) is 1.00. The summed E-state index contributed by atoms with van der Waals surface area (Å²) in [7, 11) is 0. The smallest absolute Gasteiger partial charge is 0.192 e. The molecule has 51 heavy (non-hydrogen) atoms. The fourth-order valence-electron chi connectivity index (χ4n) is 2.68. The first kappa shape index (κ1) is 48.6. The van der Waals surface area contributed by atoms with Crippen LogP contribution in [0.25, 0.3) is 0 Å². The van der Waals surface area contributed by atoms with Crippen molar-refractivity contribution in [3.63, 3.8) is 0 Å². The Labute approximate surface area is 251 Å². The zero-order valence-corrected chi connectivity index (χ0v) is 21.4. The number of hydrogen-bond donors (Lipinski definition) is 1. The monoisotopic (exact) mass is 853 g/mol. The molecule has 0 atom stereocenters. The van der Waals surface area contributed by atoms with Gasteiger partial charge in [0, 0.05) is 0 Å². The van der Waals surface area contributed by atoms with Crippen molar-refractivity contribution >= 4 is 0 Å². The van der Waals surface area contributed by atoms with Crippen LogP contribution in [0.1, 0.15) is 0 Å². The molecule has 0 unspecified atom stereocenters. The molecule has 1 N–H and O–H groups in total. The summed E-state index contributed by atoms with van der Waals surface area (Å²) in [6.45, 7) is 0. The highest BCUT2D eigenvalue weighted by Crippen LogP contribution is 2.66. The molecule has 35 heteroatoms. The molecule has 0 spiro atoms. The van der Waals surface area contributed by atoms with Crippen molar-refractivity contribution in [3.05, 3.63) is 0 Å². The van der Waals surface area contributed by atoms with Gasteiger partial charge in [0.2, 0.25) is 0 Å². The van der Waals surface area contributed by atoms with Crippen molar-refractivity contribution in [1.82, 2.24) is 5.32 Å². The van der Waals surface area contributed by atoms with Crippen molar-refractivity contribution in [2.24, 2.45) is 0 Å². The zero-order valence-electron chi connectivity index (χ0n) is 21.4. The standard InChI is InChI=1S/C16HF34N/c17-1(18,5(25,26)9(33,34)13(41,42)43)3(21,22)7(29,30)11(37,38)15(47,48)51-16(49,50)12(39,40)8(31,32)4(23,24)2(19,20)6(27,28)10(35,36)14(44,45)46/h51H. The summed E-state index contributed by atoms with van der Waals surface area (Å²) in [5, 5.41) is -2.86. The highest BCUT2D eigenvalue weighted by Gasteiger charge is 2.98. The summed E-state index contributed by atoms with van der Waals surface area (Å²) in [5.74, 6) is -113. The topological polar surface area (TPSA) is 12.0 Å². The van der Waals surface area contributed by atoms with Gasteiger partial charge in [0.05, 0.1) is 0 Å². The minimum atomic E-state index is -9.71. The van der Waals surface area contributed by atoms with Gasteiger partial charge in [-0.1, -0.05) is 0 Å². The first-order valence-corrected chi connectivity index (χ1v) is 10.4. The van der Waals surface area contributed by atoms with Gasteiger partial charge in [-0.05, 0) is 0 Å². The summed E-state index contributed by atoms with van der Waals surface area (Å²) in [4.78, 5) is 0. The molecule has 0 aliphatic carbocycles. The van der Waals surface area contributed by atoms with Crippen LogP contribution in [0.15, 0.2) is 0 Å². The molecule has 0 aliphatic rings. The minimum absolute atomic E-state index is 2.86. The average Bonchev–Trinajstić information content (AvgIpc) is 2.85. The van der Waals surface area contributed by atoms with Crippen LogP contribution in [0.5, 0.6) is 0 Å². The maximum atomic E-state index is 13.6. The van der Waals surface area contributed by atoms with Gasteiger partial charge in [0.25, 0.3) is 0 Å². The van der Waals surface area contributed by atoms with E-state index < -0.39 is 101 Å². The van der Waals surface area contributed by atoms with Crippen molar-refractivity contribution in [3.8, 4) is 0 Å². The summed E-state index contributed by atoms with van der Waals surface area (Å²) in [6, 6.07) is -18.3. The fourth-order valence-corrected chi connectivity index (χ4v) is 2.68. The average molecular weight is 853 g/mol. The molecule has 0 heterocycles. The lowest BCUT2D eigenvalue weighted by Crippen LogP contribution is -2.79. The van der Waals surface area contributed by atoms with Crippen LogP contribution in [0.3, 0.4) is 0 Å². The van der Waals surface area contributed by atoms with Crippen molar-refractivity contribution in [2.75, 3.05) is 0 Å². The van der Waals surface area contributed by atoms with E-state index in [1.807, 2.05) is 0 Å². The first-order chi connectivity index (χ1) is 21.2. The Morgan fingerprint density at radius 3 is 0.412 bits per heavy atom. The lowest BCUT2D eigenvalue weighted by Gasteiger charge is -2.45. The van der Waals surface area contributed by atoms with Gasteiger partial charge in [-0.15, -0.1) is 0 Å². The Kier molecular flexibility index (Phi) is 11.0. The van der Waals surface area contributed by atoms with Crippen molar-refractivity contribution < 1.29 is 149 Å². The summed E-state index contributed by atoms with van der Waals surface area (Å²) >= 11 is 0. The van der Waals surface area contributed by atoms with Crippen LogP contribution in [0.2, 0.25) is 0 Å². The maximum Gasteiger partial charge on any atom is 0.460 e. The molecule has 0 aromatic heterocycles. The molecule has 0 fully saturated rings. The normalized spacial score (nSPS) is 17.3. The Balaban J connectivity index is 7.35. The lowest BCUT2D eigenvalue weighted by atomic mass is 9.89.